The van der Waals surface area contributed by atoms with Crippen LogP contribution in [0.1, 0.15) is 26.3 Å². The van der Waals surface area contributed by atoms with E-state index < -0.39 is 0 Å². The number of rotatable bonds is 0. The molecule has 2 aromatic heterocycles. The molecule has 0 saturated carbocycles. The Morgan fingerprint density at radius 3 is 2.71 bits per heavy atom. The van der Waals surface area contributed by atoms with E-state index in [0.29, 0.717) is 0 Å². The maximum absolute atomic E-state index is 13.5. The van der Waals surface area contributed by atoms with Crippen molar-refractivity contribution in [3.8, 4) is 0 Å². The fourth-order valence-corrected chi connectivity index (χ4v) is 1.30. The summed E-state index contributed by atoms with van der Waals surface area (Å²) >= 11 is 0. The van der Waals surface area contributed by atoms with Crippen LogP contribution in [0.15, 0.2) is 18.6 Å². The van der Waals surface area contributed by atoms with Gasteiger partial charge in [0, 0.05) is 6.20 Å². The molecule has 2 heterocycles. The van der Waals surface area contributed by atoms with Gasteiger partial charge in [0.1, 0.15) is 6.33 Å². The van der Waals surface area contributed by atoms with Gasteiger partial charge in [0.05, 0.1) is 0 Å². The first-order valence-corrected chi connectivity index (χ1v) is 4.48. The predicted octanol–water partition coefficient (Wildman–Crippen LogP) is 2.17. The molecule has 0 spiro atoms. The summed E-state index contributed by atoms with van der Waals surface area (Å²) in [6.45, 7) is 6.10. The zero-order valence-corrected chi connectivity index (χ0v) is 8.45. The molecule has 2 aromatic rings. The number of hydrogen-bond acceptors (Lipinski definition) is 2. The Bertz CT molecular complexity index is 468. The van der Waals surface area contributed by atoms with Crippen molar-refractivity contribution in [3.63, 3.8) is 0 Å². The van der Waals surface area contributed by atoms with Crippen LogP contribution in [0.3, 0.4) is 0 Å². The van der Waals surface area contributed by atoms with Gasteiger partial charge in [-0.2, -0.15) is 5.10 Å². The first-order chi connectivity index (χ1) is 6.48. The van der Waals surface area contributed by atoms with Gasteiger partial charge >= 0.3 is 0 Å². The van der Waals surface area contributed by atoms with E-state index in [2.05, 4.69) is 10.1 Å². The molecule has 0 aliphatic rings. The Kier molecular flexibility index (Phi) is 1.80. The second-order valence-electron chi connectivity index (χ2n) is 4.35. The first kappa shape index (κ1) is 9.12. The molecule has 0 amide bonds. The third-order valence-corrected chi connectivity index (χ3v) is 2.20. The predicted molar refractivity (Wildman–Crippen MR) is 51.6 cm³/mol. The molecule has 2 rings (SSSR count). The normalized spacial score (nSPS) is 12.3. The van der Waals surface area contributed by atoms with Gasteiger partial charge in [-0.15, -0.1) is 0 Å². The molecule has 0 saturated heterocycles. The van der Waals surface area contributed by atoms with Gasteiger partial charge in [-0.05, 0) is 17.0 Å². The minimum atomic E-state index is -0.324. The summed E-state index contributed by atoms with van der Waals surface area (Å²) in [4.78, 5) is 3.82. The molecular formula is C10H12FN3. The topological polar surface area (TPSA) is 30.2 Å². The van der Waals surface area contributed by atoms with Crippen molar-refractivity contribution in [3.05, 3.63) is 30.0 Å². The molecule has 3 nitrogen and oxygen atoms in total. The number of nitrogens with zero attached hydrogens (tertiary/aromatic N) is 3. The molecule has 0 radical (unpaired) electrons. The highest BCUT2D eigenvalue weighted by molar-refractivity contribution is 5.41. The van der Waals surface area contributed by atoms with Gasteiger partial charge in [0.2, 0.25) is 0 Å². The summed E-state index contributed by atoms with van der Waals surface area (Å²) in [6.07, 6.45) is 3.16. The molecule has 14 heavy (non-hydrogen) atoms. The third kappa shape index (κ3) is 1.36. The highest BCUT2D eigenvalue weighted by Gasteiger charge is 2.16. The van der Waals surface area contributed by atoms with Crippen LogP contribution >= 0.6 is 0 Å². The van der Waals surface area contributed by atoms with Gasteiger partial charge in [0.25, 0.3) is 0 Å². The molecule has 74 valence electrons. The summed E-state index contributed by atoms with van der Waals surface area (Å²) < 4.78 is 15.0. The molecular weight excluding hydrogens is 181 g/mol. The standard InChI is InChI=1S/C10H12FN3/c1-10(2,3)7-4-8(11)9-12-6-13-14(9)5-7/h4-6H,1-3H3. The lowest BCUT2D eigenvalue weighted by Gasteiger charge is -2.18. The molecule has 0 N–H and O–H groups in total. The number of halogens is 1. The molecule has 4 heteroatoms. The lowest BCUT2D eigenvalue weighted by molar-refractivity contribution is 0.565. The Labute approximate surface area is 81.6 Å². The van der Waals surface area contributed by atoms with Gasteiger partial charge in [-0.25, -0.2) is 13.9 Å². The number of fused-ring (bicyclic) bond motifs is 1. The number of pyridine rings is 1. The Morgan fingerprint density at radius 2 is 2.07 bits per heavy atom. The monoisotopic (exact) mass is 193 g/mol. The zero-order valence-electron chi connectivity index (χ0n) is 8.45. The SMILES string of the molecule is CC(C)(C)c1cc(F)c2ncnn2c1. The average molecular weight is 193 g/mol. The highest BCUT2D eigenvalue weighted by Crippen LogP contribution is 2.23. The van der Waals surface area contributed by atoms with Gasteiger partial charge in [0.15, 0.2) is 11.5 Å². The van der Waals surface area contributed by atoms with Gasteiger partial charge in [-0.1, -0.05) is 20.8 Å². The fraction of sp³-hybridized carbons (Fsp3) is 0.400. The number of hydrogen-bond donors (Lipinski definition) is 0. The van der Waals surface area contributed by atoms with Crippen molar-refractivity contribution in [2.24, 2.45) is 0 Å². The van der Waals surface area contributed by atoms with Crippen LogP contribution in [0.2, 0.25) is 0 Å². The van der Waals surface area contributed by atoms with Crippen LogP contribution < -0.4 is 0 Å². The van der Waals surface area contributed by atoms with E-state index in [1.54, 1.807) is 0 Å². The lowest BCUT2D eigenvalue weighted by Crippen LogP contribution is -2.13. The van der Waals surface area contributed by atoms with E-state index in [1.807, 2.05) is 27.0 Å². The minimum Gasteiger partial charge on any atom is -0.218 e. The van der Waals surface area contributed by atoms with E-state index in [0.717, 1.165) is 5.56 Å². The van der Waals surface area contributed by atoms with Crippen molar-refractivity contribution >= 4 is 5.65 Å². The van der Waals surface area contributed by atoms with Gasteiger partial charge in [-0.3, -0.25) is 0 Å². The van der Waals surface area contributed by atoms with Crippen LogP contribution in [0.25, 0.3) is 5.65 Å². The van der Waals surface area contributed by atoms with Crippen LogP contribution in [-0.4, -0.2) is 14.6 Å². The highest BCUT2D eigenvalue weighted by atomic mass is 19.1. The number of aromatic nitrogens is 3. The maximum atomic E-state index is 13.5. The van der Waals surface area contributed by atoms with E-state index >= 15 is 0 Å². The van der Waals surface area contributed by atoms with Gasteiger partial charge < -0.3 is 0 Å². The van der Waals surface area contributed by atoms with Crippen molar-refractivity contribution < 1.29 is 4.39 Å². The second kappa shape index (κ2) is 2.77. The zero-order chi connectivity index (χ0) is 10.3. The average Bonchev–Trinajstić information content (AvgIpc) is 2.50. The molecule has 0 fully saturated rings. The molecule has 0 aromatic carbocycles. The van der Waals surface area contributed by atoms with Crippen molar-refractivity contribution in [1.82, 2.24) is 14.6 Å². The van der Waals surface area contributed by atoms with E-state index in [-0.39, 0.29) is 16.9 Å². The van der Waals surface area contributed by atoms with Crippen LogP contribution in [0.4, 0.5) is 4.39 Å². The lowest BCUT2D eigenvalue weighted by atomic mass is 9.88. The quantitative estimate of drug-likeness (QED) is 0.641. The molecule has 0 aliphatic heterocycles. The Morgan fingerprint density at radius 1 is 1.36 bits per heavy atom. The fourth-order valence-electron chi connectivity index (χ4n) is 1.30. The second-order valence-corrected chi connectivity index (χ2v) is 4.35. The van der Waals surface area contributed by atoms with Crippen molar-refractivity contribution in [2.75, 3.05) is 0 Å². The minimum absolute atomic E-state index is 0.0824. The first-order valence-electron chi connectivity index (χ1n) is 4.48. The summed E-state index contributed by atoms with van der Waals surface area (Å²) in [6, 6.07) is 1.52. The molecule has 0 bridgehead atoms. The third-order valence-electron chi connectivity index (χ3n) is 2.20. The Balaban J connectivity index is 2.70. The molecule has 0 atom stereocenters. The van der Waals surface area contributed by atoms with Crippen molar-refractivity contribution in [2.45, 2.75) is 26.2 Å². The van der Waals surface area contributed by atoms with E-state index in [4.69, 9.17) is 0 Å². The molecule has 0 aliphatic carbocycles. The summed E-state index contributed by atoms with van der Waals surface area (Å²) in [7, 11) is 0. The van der Waals surface area contributed by atoms with E-state index in [9.17, 15) is 4.39 Å². The van der Waals surface area contributed by atoms with Crippen molar-refractivity contribution in [1.29, 1.82) is 0 Å². The van der Waals surface area contributed by atoms with E-state index in [1.165, 1.54) is 16.9 Å². The smallest absolute Gasteiger partial charge is 0.191 e. The van der Waals surface area contributed by atoms with Crippen LogP contribution in [0, 0.1) is 5.82 Å². The molecule has 0 unspecified atom stereocenters. The Hall–Kier alpha value is -1.45. The largest absolute Gasteiger partial charge is 0.218 e. The van der Waals surface area contributed by atoms with Crippen LogP contribution in [-0.2, 0) is 5.41 Å². The maximum Gasteiger partial charge on any atom is 0.191 e. The summed E-state index contributed by atoms with van der Waals surface area (Å²) in [5.41, 5.74) is 1.10. The summed E-state index contributed by atoms with van der Waals surface area (Å²) in [5, 5.41) is 3.92. The van der Waals surface area contributed by atoms with Crippen LogP contribution in [0.5, 0.6) is 0 Å². The summed E-state index contributed by atoms with van der Waals surface area (Å²) in [5.74, 6) is -0.324.